The molecule has 2 saturated carbocycles. The minimum absolute atomic E-state index is 0.0113. The molecule has 2 aliphatic carbocycles. The number of hydrogen-bond donors (Lipinski definition) is 1. The van der Waals surface area contributed by atoms with Gasteiger partial charge in [0.15, 0.2) is 0 Å². The van der Waals surface area contributed by atoms with Gasteiger partial charge in [0.2, 0.25) is 5.91 Å². The Kier molecular flexibility index (Phi) is 4.53. The van der Waals surface area contributed by atoms with Crippen LogP contribution in [-0.4, -0.2) is 11.7 Å². The van der Waals surface area contributed by atoms with Gasteiger partial charge < -0.3 is 5.32 Å². The van der Waals surface area contributed by atoms with Crippen molar-refractivity contribution in [3.8, 4) is 0 Å². The van der Waals surface area contributed by atoms with Crippen LogP contribution in [0.15, 0.2) is 24.3 Å². The molecule has 1 amide bonds. The summed E-state index contributed by atoms with van der Waals surface area (Å²) in [6, 6.07) is 7.51. The number of carbonyl (C=O) groups excluding carboxylic acids is 2. The van der Waals surface area contributed by atoms with E-state index in [9.17, 15) is 9.59 Å². The quantitative estimate of drug-likeness (QED) is 0.918. The van der Waals surface area contributed by atoms with E-state index in [1.54, 1.807) is 0 Å². The fourth-order valence-corrected chi connectivity index (χ4v) is 3.99. The molecule has 0 heterocycles. The van der Waals surface area contributed by atoms with Crippen molar-refractivity contribution in [2.75, 3.05) is 0 Å². The number of rotatable bonds is 3. The lowest BCUT2D eigenvalue weighted by atomic mass is 9.67. The van der Waals surface area contributed by atoms with Crippen molar-refractivity contribution >= 4 is 23.3 Å². The van der Waals surface area contributed by atoms with Crippen LogP contribution in [0, 0.1) is 17.8 Å². The van der Waals surface area contributed by atoms with Gasteiger partial charge in [0.25, 0.3) is 0 Å². The van der Waals surface area contributed by atoms with Gasteiger partial charge in [-0.25, -0.2) is 0 Å². The topological polar surface area (TPSA) is 46.2 Å². The van der Waals surface area contributed by atoms with Crippen molar-refractivity contribution in [1.82, 2.24) is 5.32 Å². The van der Waals surface area contributed by atoms with Gasteiger partial charge in [-0.1, -0.05) is 30.2 Å². The summed E-state index contributed by atoms with van der Waals surface area (Å²) in [6.45, 7) is 1.98. The van der Waals surface area contributed by atoms with Crippen LogP contribution in [-0.2, 0) is 9.59 Å². The molecule has 0 radical (unpaired) electrons. The van der Waals surface area contributed by atoms with E-state index < -0.39 is 0 Å². The summed E-state index contributed by atoms with van der Waals surface area (Å²) >= 11 is 5.89. The second-order valence-electron chi connectivity index (χ2n) is 6.68. The summed E-state index contributed by atoms with van der Waals surface area (Å²) < 4.78 is 0. The molecule has 22 heavy (non-hydrogen) atoms. The second kappa shape index (κ2) is 6.41. The molecule has 3 rings (SSSR count). The zero-order valence-corrected chi connectivity index (χ0v) is 13.6. The smallest absolute Gasteiger partial charge is 0.223 e. The average Bonchev–Trinajstić information content (AvgIpc) is 2.47. The Morgan fingerprint density at radius 3 is 2.36 bits per heavy atom. The fourth-order valence-electron chi connectivity index (χ4n) is 3.86. The van der Waals surface area contributed by atoms with Crippen LogP contribution < -0.4 is 5.32 Å². The van der Waals surface area contributed by atoms with Crippen LogP contribution in [0.3, 0.4) is 0 Å². The molecule has 3 atom stereocenters. The molecule has 2 fully saturated rings. The van der Waals surface area contributed by atoms with E-state index in [2.05, 4.69) is 5.32 Å². The molecule has 0 saturated heterocycles. The normalized spacial score (nSPS) is 29.0. The van der Waals surface area contributed by atoms with Crippen LogP contribution in [0.5, 0.6) is 0 Å². The largest absolute Gasteiger partial charge is 0.349 e. The number of amides is 1. The maximum Gasteiger partial charge on any atom is 0.223 e. The molecule has 1 N–H and O–H groups in total. The summed E-state index contributed by atoms with van der Waals surface area (Å²) in [5.74, 6) is 0.721. The Morgan fingerprint density at radius 2 is 1.77 bits per heavy atom. The molecular weight excluding hydrogens is 298 g/mol. The Hall–Kier alpha value is -1.35. The van der Waals surface area contributed by atoms with Gasteiger partial charge in [0.05, 0.1) is 6.04 Å². The number of halogens is 1. The lowest BCUT2D eigenvalue weighted by Gasteiger charge is -2.37. The molecule has 1 aromatic rings. The van der Waals surface area contributed by atoms with Crippen molar-refractivity contribution in [3.63, 3.8) is 0 Å². The van der Waals surface area contributed by atoms with Gasteiger partial charge in [-0.3, -0.25) is 9.59 Å². The van der Waals surface area contributed by atoms with Crippen molar-refractivity contribution in [2.45, 2.75) is 45.1 Å². The highest BCUT2D eigenvalue weighted by Crippen LogP contribution is 2.40. The summed E-state index contributed by atoms with van der Waals surface area (Å²) in [6.07, 6.45) is 4.53. The van der Waals surface area contributed by atoms with E-state index in [-0.39, 0.29) is 29.7 Å². The first kappa shape index (κ1) is 15.5. The molecule has 3 unspecified atom stereocenters. The maximum absolute atomic E-state index is 12.5. The third kappa shape index (κ3) is 3.19. The highest BCUT2D eigenvalue weighted by molar-refractivity contribution is 6.30. The average molecular weight is 320 g/mol. The fraction of sp³-hybridized carbons (Fsp3) is 0.556. The number of carbonyl (C=O) groups is 2. The molecule has 2 aliphatic rings. The van der Waals surface area contributed by atoms with Gasteiger partial charge in [-0.15, -0.1) is 0 Å². The Labute approximate surface area is 136 Å². The predicted octanol–water partition coefficient (Wildman–Crippen LogP) is 3.91. The number of Topliss-reactive ketones (excluding diaryl/α,β-unsaturated/α-hetero) is 1. The molecule has 0 aliphatic heterocycles. The number of nitrogens with one attached hydrogen (secondary N) is 1. The first-order valence-corrected chi connectivity index (χ1v) is 8.52. The molecule has 0 aromatic heterocycles. The molecule has 118 valence electrons. The molecule has 1 aromatic carbocycles. The number of benzene rings is 1. The van der Waals surface area contributed by atoms with Crippen molar-refractivity contribution in [3.05, 3.63) is 34.9 Å². The van der Waals surface area contributed by atoms with E-state index in [4.69, 9.17) is 11.6 Å². The Morgan fingerprint density at radius 1 is 1.18 bits per heavy atom. The SMILES string of the molecule is CC(NC(=O)C1CC2CCCC(C1)C2=O)c1ccc(Cl)cc1. The van der Waals surface area contributed by atoms with E-state index in [1.165, 1.54) is 0 Å². The Balaban J connectivity index is 1.62. The summed E-state index contributed by atoms with van der Waals surface area (Å²) in [7, 11) is 0. The van der Waals surface area contributed by atoms with Crippen LogP contribution in [0.1, 0.15) is 50.6 Å². The lowest BCUT2D eigenvalue weighted by molar-refractivity contribution is -0.137. The number of ketones is 1. The monoisotopic (exact) mass is 319 g/mol. The summed E-state index contributed by atoms with van der Waals surface area (Å²) in [4.78, 5) is 24.6. The molecular formula is C18H22ClNO2. The lowest BCUT2D eigenvalue weighted by Crippen LogP contribution is -2.43. The first-order chi connectivity index (χ1) is 10.5. The van der Waals surface area contributed by atoms with Gasteiger partial charge in [0, 0.05) is 22.8 Å². The predicted molar refractivity (Wildman–Crippen MR) is 86.6 cm³/mol. The van der Waals surface area contributed by atoms with E-state index >= 15 is 0 Å². The van der Waals surface area contributed by atoms with Crippen LogP contribution in [0.2, 0.25) is 5.02 Å². The highest BCUT2D eigenvalue weighted by atomic mass is 35.5. The standard InChI is InChI=1S/C18H22ClNO2/c1-11(12-5-7-16(19)8-6-12)20-18(22)15-9-13-3-2-4-14(10-15)17(13)21/h5-8,11,13-15H,2-4,9-10H2,1H3,(H,20,22). The number of fused-ring (bicyclic) bond motifs is 2. The summed E-state index contributed by atoms with van der Waals surface area (Å²) in [5, 5.41) is 3.79. The van der Waals surface area contributed by atoms with Crippen LogP contribution >= 0.6 is 11.6 Å². The zero-order valence-electron chi connectivity index (χ0n) is 12.8. The van der Waals surface area contributed by atoms with Gasteiger partial charge >= 0.3 is 0 Å². The van der Waals surface area contributed by atoms with E-state index in [0.29, 0.717) is 10.8 Å². The summed E-state index contributed by atoms with van der Waals surface area (Å²) in [5.41, 5.74) is 1.05. The molecule has 0 spiro atoms. The van der Waals surface area contributed by atoms with Crippen LogP contribution in [0.25, 0.3) is 0 Å². The molecule has 4 heteroatoms. The van der Waals surface area contributed by atoms with Crippen molar-refractivity contribution in [1.29, 1.82) is 0 Å². The van der Waals surface area contributed by atoms with Crippen molar-refractivity contribution in [2.24, 2.45) is 17.8 Å². The van der Waals surface area contributed by atoms with Crippen LogP contribution in [0.4, 0.5) is 0 Å². The minimum atomic E-state index is -0.0396. The third-order valence-corrected chi connectivity index (χ3v) is 5.40. The highest BCUT2D eigenvalue weighted by Gasteiger charge is 2.41. The maximum atomic E-state index is 12.5. The second-order valence-corrected chi connectivity index (χ2v) is 7.11. The Bertz CT molecular complexity index is 553. The first-order valence-electron chi connectivity index (χ1n) is 8.14. The van der Waals surface area contributed by atoms with Crippen molar-refractivity contribution < 1.29 is 9.59 Å². The van der Waals surface area contributed by atoms with Gasteiger partial charge in [-0.2, -0.15) is 0 Å². The third-order valence-electron chi connectivity index (χ3n) is 5.15. The van der Waals surface area contributed by atoms with E-state index in [0.717, 1.165) is 37.7 Å². The van der Waals surface area contributed by atoms with Gasteiger partial charge in [0.1, 0.15) is 5.78 Å². The van der Waals surface area contributed by atoms with Gasteiger partial charge in [-0.05, 0) is 50.3 Å². The molecule has 2 bridgehead atoms. The minimum Gasteiger partial charge on any atom is -0.349 e. The number of hydrogen-bond acceptors (Lipinski definition) is 2. The zero-order chi connectivity index (χ0) is 15.7. The molecule has 3 nitrogen and oxygen atoms in total. The van der Waals surface area contributed by atoms with E-state index in [1.807, 2.05) is 31.2 Å².